The zero-order chi connectivity index (χ0) is 31.5. The van der Waals surface area contributed by atoms with Crippen molar-refractivity contribution in [3.63, 3.8) is 0 Å². The molecule has 0 saturated heterocycles. The monoisotopic (exact) mass is 737 g/mol. The van der Waals surface area contributed by atoms with Gasteiger partial charge in [0.25, 0.3) is 0 Å². The van der Waals surface area contributed by atoms with Crippen LogP contribution in [0, 0.1) is 14.4 Å². The zero-order valence-electron chi connectivity index (χ0n) is 25.3. The lowest BCUT2D eigenvalue weighted by Crippen LogP contribution is -2.44. The maximum Gasteiger partial charge on any atom is 0.339 e. The summed E-state index contributed by atoms with van der Waals surface area (Å²) in [7, 11) is -2.75. The summed E-state index contributed by atoms with van der Waals surface area (Å²) >= 11 is 7.97. The van der Waals surface area contributed by atoms with Gasteiger partial charge >= 0.3 is 10.1 Å². The van der Waals surface area contributed by atoms with Crippen molar-refractivity contribution < 1.29 is 26.9 Å². The molecule has 3 aliphatic rings. The molecular weight excluding hydrogens is 701 g/mol. The van der Waals surface area contributed by atoms with Crippen LogP contribution in [0.15, 0.2) is 63.8 Å². The van der Waals surface area contributed by atoms with Crippen LogP contribution in [0.2, 0.25) is 5.02 Å². The summed E-state index contributed by atoms with van der Waals surface area (Å²) in [4.78, 5) is 30.2. The molecule has 2 aliphatic carbocycles. The first-order chi connectivity index (χ1) is 20.1. The minimum atomic E-state index is -4.20. The van der Waals surface area contributed by atoms with E-state index in [0.717, 1.165) is 37.2 Å². The Balaban J connectivity index is 1.69. The number of carbonyl (C=O) groups excluding carboxylic acids is 2. The third kappa shape index (κ3) is 6.14. The van der Waals surface area contributed by atoms with E-state index in [2.05, 4.69) is 39.5 Å². The molecule has 0 radical (unpaired) electrons. The van der Waals surface area contributed by atoms with Crippen LogP contribution in [-0.4, -0.2) is 38.5 Å². The molecule has 0 saturated carbocycles. The number of methoxy groups -OCH3 is 1. The minimum absolute atomic E-state index is 0.0424. The number of hydrogen-bond acceptors (Lipinski definition) is 7. The van der Waals surface area contributed by atoms with Gasteiger partial charge in [-0.15, -0.1) is 0 Å². The predicted octanol–water partition coefficient (Wildman–Crippen LogP) is 7.82. The Bertz CT molecular complexity index is 1620. The van der Waals surface area contributed by atoms with Gasteiger partial charge in [0.05, 0.1) is 10.7 Å². The van der Waals surface area contributed by atoms with E-state index < -0.39 is 16.0 Å². The van der Waals surface area contributed by atoms with Crippen LogP contribution in [-0.2, 0) is 19.7 Å². The van der Waals surface area contributed by atoms with E-state index >= 15 is 0 Å². The van der Waals surface area contributed by atoms with Crippen LogP contribution in [0.5, 0.6) is 11.5 Å². The van der Waals surface area contributed by atoms with Crippen molar-refractivity contribution in [2.45, 2.75) is 77.5 Å². The van der Waals surface area contributed by atoms with Gasteiger partial charge in [-0.3, -0.25) is 9.59 Å². The second kappa shape index (κ2) is 11.5. The molecule has 0 bridgehead atoms. The number of ketones is 2. The molecule has 1 aliphatic heterocycles. The maximum atomic E-state index is 14.0. The third-order valence-electron chi connectivity index (χ3n) is 8.35. The Labute approximate surface area is 272 Å². The van der Waals surface area contributed by atoms with Crippen molar-refractivity contribution in [3.05, 3.63) is 73.1 Å². The van der Waals surface area contributed by atoms with E-state index in [0.29, 0.717) is 38.1 Å². The quantitative estimate of drug-likeness (QED) is 0.212. The summed E-state index contributed by atoms with van der Waals surface area (Å²) in [5, 5.41) is 0.407. The Morgan fingerprint density at radius 2 is 1.47 bits per heavy atom. The highest BCUT2D eigenvalue weighted by Gasteiger charge is 2.49. The number of hydrogen-bond donors (Lipinski definition) is 0. The SMILES string of the molecule is CCCN1C2=C(C(=O)CC(C)(C)C2)C(c2cc(I)c(OS(=O)(=O)c3ccc(Cl)cc3)c(OC)c2)C2=C1CC(C)(C)CC2=O. The third-order valence-corrected chi connectivity index (χ3v) is 10.6. The number of ether oxygens (including phenoxy) is 1. The van der Waals surface area contributed by atoms with Crippen molar-refractivity contribution in [1.82, 2.24) is 4.90 Å². The first kappa shape index (κ1) is 32.0. The number of carbonyl (C=O) groups is 2. The normalized spacial score (nSPS) is 20.2. The average Bonchev–Trinajstić information content (AvgIpc) is 2.89. The first-order valence-corrected chi connectivity index (χ1v) is 17.3. The van der Waals surface area contributed by atoms with Crippen LogP contribution in [0.4, 0.5) is 0 Å². The molecule has 0 fully saturated rings. The number of allylic oxidation sites excluding steroid dienone is 4. The average molecular weight is 738 g/mol. The van der Waals surface area contributed by atoms with Gasteiger partial charge in [0.15, 0.2) is 23.1 Å². The number of halogens is 2. The lowest BCUT2D eigenvalue weighted by molar-refractivity contribution is -0.119. The van der Waals surface area contributed by atoms with E-state index in [1.54, 1.807) is 6.07 Å². The predicted molar refractivity (Wildman–Crippen MR) is 175 cm³/mol. The number of nitrogens with zero attached hydrogens (tertiary/aromatic N) is 1. The molecule has 0 amide bonds. The Morgan fingerprint density at radius 3 is 1.95 bits per heavy atom. The number of rotatable bonds is 7. The summed E-state index contributed by atoms with van der Waals surface area (Å²) in [6.45, 7) is 11.3. The van der Waals surface area contributed by atoms with Crippen molar-refractivity contribution in [2.75, 3.05) is 13.7 Å². The molecule has 10 heteroatoms. The molecule has 0 N–H and O–H groups in total. The summed E-state index contributed by atoms with van der Waals surface area (Å²) < 4.78 is 38.1. The first-order valence-electron chi connectivity index (χ1n) is 14.4. The van der Waals surface area contributed by atoms with Crippen LogP contribution in [0.1, 0.15) is 78.2 Å². The fourth-order valence-electron chi connectivity index (χ4n) is 6.62. The van der Waals surface area contributed by atoms with Gasteiger partial charge in [0.2, 0.25) is 0 Å². The molecule has 0 unspecified atom stereocenters. The highest BCUT2D eigenvalue weighted by molar-refractivity contribution is 14.1. The lowest BCUT2D eigenvalue weighted by Gasteiger charge is -2.49. The van der Waals surface area contributed by atoms with E-state index in [4.69, 9.17) is 20.5 Å². The van der Waals surface area contributed by atoms with E-state index in [1.807, 2.05) is 28.7 Å². The van der Waals surface area contributed by atoms with Crippen molar-refractivity contribution in [2.24, 2.45) is 10.8 Å². The Morgan fingerprint density at radius 1 is 0.930 bits per heavy atom. The molecule has 230 valence electrons. The van der Waals surface area contributed by atoms with Crippen LogP contribution in [0.3, 0.4) is 0 Å². The van der Waals surface area contributed by atoms with Gasteiger partial charge in [-0.2, -0.15) is 8.42 Å². The second-order valence-corrected chi connectivity index (χ2v) is 16.4. The standard InChI is InChI=1S/C33H37ClINO6S/c1-7-12-36-23-15-32(2,3)17-25(37)29(23)28(30-24(36)16-33(4,5)18-26(30)38)19-13-22(35)31(27(14-19)41-6)42-43(39,40)21-10-8-20(34)9-11-21/h8-11,13-14,28H,7,12,15-18H2,1-6H3. The number of Topliss-reactive ketones (excluding diaryl/α,β-unsaturated/α-hetero) is 2. The van der Waals surface area contributed by atoms with Gasteiger partial charge < -0.3 is 13.8 Å². The summed E-state index contributed by atoms with van der Waals surface area (Å²) in [6.07, 6.45) is 3.11. The molecule has 5 rings (SSSR count). The van der Waals surface area contributed by atoms with Gasteiger partial charge in [-0.25, -0.2) is 0 Å². The van der Waals surface area contributed by atoms with Crippen molar-refractivity contribution in [3.8, 4) is 11.5 Å². The maximum absolute atomic E-state index is 14.0. The van der Waals surface area contributed by atoms with Gasteiger partial charge in [-0.05, 0) is 94.6 Å². The molecule has 0 atom stereocenters. The Kier molecular flexibility index (Phi) is 8.59. The summed E-state index contributed by atoms with van der Waals surface area (Å²) in [6, 6.07) is 9.24. The van der Waals surface area contributed by atoms with Gasteiger partial charge in [0.1, 0.15) is 4.90 Å². The van der Waals surface area contributed by atoms with E-state index in [-0.39, 0.29) is 38.8 Å². The molecule has 0 aromatic heterocycles. The molecule has 2 aromatic rings. The largest absolute Gasteiger partial charge is 0.493 e. The topological polar surface area (TPSA) is 90.0 Å². The highest BCUT2D eigenvalue weighted by Crippen LogP contribution is 2.55. The summed E-state index contributed by atoms with van der Waals surface area (Å²) in [5.41, 5.74) is 3.61. The molecule has 7 nitrogen and oxygen atoms in total. The van der Waals surface area contributed by atoms with E-state index in [9.17, 15) is 18.0 Å². The molecule has 1 heterocycles. The molecule has 0 spiro atoms. The molecule has 2 aromatic carbocycles. The van der Waals surface area contributed by atoms with Gasteiger partial charge in [0, 0.05) is 52.9 Å². The second-order valence-electron chi connectivity index (χ2n) is 13.2. The van der Waals surface area contributed by atoms with Crippen molar-refractivity contribution >= 4 is 55.9 Å². The lowest BCUT2D eigenvalue weighted by atomic mass is 9.63. The zero-order valence-corrected chi connectivity index (χ0v) is 29.1. The molecule has 43 heavy (non-hydrogen) atoms. The fraction of sp³-hybridized carbons (Fsp3) is 0.455. The molecular formula is C33H37ClINO6S. The minimum Gasteiger partial charge on any atom is -0.493 e. The number of benzene rings is 2. The Hall–Kier alpha value is -2.37. The summed E-state index contributed by atoms with van der Waals surface area (Å²) in [5.74, 6) is -0.246. The van der Waals surface area contributed by atoms with Crippen LogP contribution < -0.4 is 8.92 Å². The highest BCUT2D eigenvalue weighted by atomic mass is 127. The van der Waals surface area contributed by atoms with Gasteiger partial charge in [-0.1, -0.05) is 46.2 Å². The van der Waals surface area contributed by atoms with Crippen LogP contribution in [0.25, 0.3) is 0 Å². The smallest absolute Gasteiger partial charge is 0.339 e. The van der Waals surface area contributed by atoms with Crippen LogP contribution >= 0.6 is 34.2 Å². The van der Waals surface area contributed by atoms with Crippen molar-refractivity contribution in [1.29, 1.82) is 0 Å². The fourth-order valence-corrected chi connectivity index (χ4v) is 8.59. The van der Waals surface area contributed by atoms with E-state index in [1.165, 1.54) is 31.4 Å².